The fraction of sp³-hybridized carbons (Fsp3) is 1.00. The van der Waals surface area contributed by atoms with Crippen LogP contribution in [-0.4, -0.2) is 34.8 Å². The molecule has 0 spiro atoms. The van der Waals surface area contributed by atoms with Crippen molar-refractivity contribution in [3.05, 3.63) is 0 Å². The maximum atomic E-state index is 5.44. The van der Waals surface area contributed by atoms with Gasteiger partial charge in [0.15, 0.2) is 0 Å². The van der Waals surface area contributed by atoms with E-state index in [4.69, 9.17) is 9.47 Å². The highest BCUT2D eigenvalue weighted by Gasteiger charge is 2.34. The second kappa shape index (κ2) is 7.42. The van der Waals surface area contributed by atoms with Gasteiger partial charge in [0, 0.05) is 26.7 Å². The van der Waals surface area contributed by atoms with Crippen molar-refractivity contribution in [2.75, 3.05) is 26.7 Å². The molecule has 0 aliphatic carbocycles. The van der Waals surface area contributed by atoms with Crippen molar-refractivity contribution in [3.63, 3.8) is 0 Å². The van der Waals surface area contributed by atoms with Gasteiger partial charge in [-0.25, -0.2) is 0 Å². The van der Waals surface area contributed by atoms with E-state index in [1.165, 1.54) is 12.1 Å². The minimum atomic E-state index is -1.37. The summed E-state index contributed by atoms with van der Waals surface area (Å²) in [6.07, 6.45) is 1.88. The van der Waals surface area contributed by atoms with Gasteiger partial charge >= 0.3 is 0 Å². The van der Waals surface area contributed by atoms with Crippen LogP contribution in [0.4, 0.5) is 0 Å². The van der Waals surface area contributed by atoms with Crippen LogP contribution in [0, 0.1) is 11.8 Å². The van der Waals surface area contributed by atoms with Crippen molar-refractivity contribution in [1.29, 1.82) is 0 Å². The van der Waals surface area contributed by atoms with E-state index in [1.54, 1.807) is 0 Å². The molecule has 0 aliphatic rings. The lowest BCUT2D eigenvalue weighted by molar-refractivity contribution is 0.212. The zero-order valence-electron chi connectivity index (χ0n) is 11.3. The summed E-state index contributed by atoms with van der Waals surface area (Å²) in [6, 6.07) is 2.62. The monoisotopic (exact) mass is 232 g/mol. The Morgan fingerprint density at radius 3 is 1.33 bits per heavy atom. The Balaban J connectivity index is 4.55. The van der Waals surface area contributed by atoms with Crippen molar-refractivity contribution in [2.45, 2.75) is 39.8 Å². The van der Waals surface area contributed by atoms with Gasteiger partial charge in [0.05, 0.1) is 0 Å². The number of methoxy groups -OCH3 is 2. The minimum Gasteiger partial charge on any atom is -0.388 e. The Morgan fingerprint density at radius 2 is 1.13 bits per heavy atom. The van der Waals surface area contributed by atoms with E-state index in [0.717, 1.165) is 24.3 Å². The summed E-state index contributed by atoms with van der Waals surface area (Å²) in [4.78, 5) is 0. The fourth-order valence-electron chi connectivity index (χ4n) is 2.71. The van der Waals surface area contributed by atoms with E-state index < -0.39 is 8.07 Å². The van der Waals surface area contributed by atoms with Crippen LogP contribution in [0.5, 0.6) is 0 Å². The zero-order chi connectivity index (χ0) is 11.9. The topological polar surface area (TPSA) is 18.5 Å². The predicted molar refractivity (Wildman–Crippen MR) is 68.8 cm³/mol. The molecule has 0 radical (unpaired) electrons. The molecule has 3 heteroatoms. The van der Waals surface area contributed by atoms with Gasteiger partial charge in [-0.3, -0.25) is 0 Å². The van der Waals surface area contributed by atoms with Crippen molar-refractivity contribution < 1.29 is 9.47 Å². The van der Waals surface area contributed by atoms with Gasteiger partial charge in [0.25, 0.3) is 0 Å². The highest BCUT2D eigenvalue weighted by molar-refractivity contribution is 6.79. The molecule has 0 aromatic carbocycles. The average molecular weight is 232 g/mol. The van der Waals surface area contributed by atoms with E-state index in [9.17, 15) is 0 Å². The standard InChI is InChI=1S/C12H28O2Si/c1-11(2)7-15(9-13-5,10-14-6)8-12(3)4/h11-12H,7-10H2,1-6H3. The molecule has 0 saturated carbocycles. The van der Waals surface area contributed by atoms with Crippen molar-refractivity contribution in [1.82, 2.24) is 0 Å². The second-order valence-electron chi connectivity index (χ2n) is 5.56. The third kappa shape index (κ3) is 6.33. The molecule has 0 aromatic heterocycles. The van der Waals surface area contributed by atoms with Crippen molar-refractivity contribution in [2.24, 2.45) is 11.8 Å². The van der Waals surface area contributed by atoms with E-state index in [2.05, 4.69) is 27.7 Å². The first-order valence-electron chi connectivity index (χ1n) is 5.93. The summed E-state index contributed by atoms with van der Waals surface area (Å²) in [5.41, 5.74) is 0. The fourth-order valence-corrected chi connectivity index (χ4v) is 8.12. The molecule has 15 heavy (non-hydrogen) atoms. The highest BCUT2D eigenvalue weighted by Crippen LogP contribution is 2.25. The van der Waals surface area contributed by atoms with E-state index in [1.807, 2.05) is 14.2 Å². The summed E-state index contributed by atoms with van der Waals surface area (Å²) in [7, 11) is 2.27. The van der Waals surface area contributed by atoms with E-state index in [-0.39, 0.29) is 0 Å². The first-order chi connectivity index (χ1) is 6.95. The minimum absolute atomic E-state index is 0.751. The third-order valence-corrected chi connectivity index (χ3v) is 7.75. The van der Waals surface area contributed by atoms with Gasteiger partial charge in [-0.2, -0.15) is 0 Å². The summed E-state index contributed by atoms with van der Waals surface area (Å²) in [5, 5.41) is 0. The third-order valence-electron chi connectivity index (χ3n) is 2.58. The molecule has 2 nitrogen and oxygen atoms in total. The van der Waals surface area contributed by atoms with E-state index in [0.29, 0.717) is 0 Å². The van der Waals surface area contributed by atoms with Crippen LogP contribution in [0.1, 0.15) is 27.7 Å². The van der Waals surface area contributed by atoms with Gasteiger partial charge in [-0.05, 0) is 11.8 Å². The largest absolute Gasteiger partial charge is 0.388 e. The van der Waals surface area contributed by atoms with Gasteiger partial charge in [-0.15, -0.1) is 0 Å². The Kier molecular flexibility index (Phi) is 7.48. The van der Waals surface area contributed by atoms with Gasteiger partial charge in [-0.1, -0.05) is 39.8 Å². The Bertz CT molecular complexity index is 140. The average Bonchev–Trinajstić information content (AvgIpc) is 2.01. The molecular formula is C12H28O2Si. The van der Waals surface area contributed by atoms with Crippen LogP contribution in [-0.2, 0) is 9.47 Å². The molecule has 0 heterocycles. The maximum Gasteiger partial charge on any atom is 0.113 e. The summed E-state index contributed by atoms with van der Waals surface area (Å²) in [6.45, 7) is 9.20. The molecular weight excluding hydrogens is 204 g/mol. The van der Waals surface area contributed by atoms with Crippen molar-refractivity contribution in [3.8, 4) is 0 Å². The normalized spacial score (nSPS) is 12.8. The second-order valence-corrected chi connectivity index (χ2v) is 9.96. The smallest absolute Gasteiger partial charge is 0.113 e. The van der Waals surface area contributed by atoms with Crippen LogP contribution in [0.3, 0.4) is 0 Å². The SMILES string of the molecule is COC[Si](COC)(CC(C)C)CC(C)C. The molecule has 0 aromatic rings. The zero-order valence-corrected chi connectivity index (χ0v) is 12.3. The maximum absolute atomic E-state index is 5.44. The van der Waals surface area contributed by atoms with Crippen LogP contribution in [0.25, 0.3) is 0 Å². The van der Waals surface area contributed by atoms with Gasteiger partial charge in [0.2, 0.25) is 0 Å². The molecule has 0 aliphatic heterocycles. The summed E-state index contributed by atoms with van der Waals surface area (Å²) in [5.74, 6) is 1.50. The molecule has 0 N–H and O–H groups in total. The number of hydrogen-bond donors (Lipinski definition) is 0. The molecule has 0 fully saturated rings. The molecule has 0 saturated heterocycles. The van der Waals surface area contributed by atoms with Gasteiger partial charge in [0.1, 0.15) is 8.07 Å². The number of ether oxygens (including phenoxy) is 2. The molecule has 0 amide bonds. The lowest BCUT2D eigenvalue weighted by Gasteiger charge is -2.33. The van der Waals surface area contributed by atoms with Crippen LogP contribution in [0.2, 0.25) is 12.1 Å². The lowest BCUT2D eigenvalue weighted by Crippen LogP contribution is -2.47. The first-order valence-corrected chi connectivity index (χ1v) is 8.76. The Morgan fingerprint density at radius 1 is 0.800 bits per heavy atom. The summed E-state index contributed by atoms with van der Waals surface area (Å²) >= 11 is 0. The van der Waals surface area contributed by atoms with E-state index >= 15 is 0 Å². The molecule has 0 bridgehead atoms. The lowest BCUT2D eigenvalue weighted by atomic mass is 10.3. The number of rotatable bonds is 8. The Labute approximate surface area is 96.4 Å². The quantitative estimate of drug-likeness (QED) is 0.599. The summed E-state index contributed by atoms with van der Waals surface area (Å²) < 4.78 is 10.9. The first kappa shape index (κ1) is 15.1. The predicted octanol–water partition coefficient (Wildman–Crippen LogP) is 3.12. The van der Waals surface area contributed by atoms with Crippen LogP contribution >= 0.6 is 0 Å². The van der Waals surface area contributed by atoms with Crippen LogP contribution in [0.15, 0.2) is 0 Å². The molecule has 0 atom stereocenters. The number of hydrogen-bond acceptors (Lipinski definition) is 2. The molecule has 92 valence electrons. The molecule has 0 rings (SSSR count). The molecule has 0 unspecified atom stereocenters. The van der Waals surface area contributed by atoms with Crippen LogP contribution < -0.4 is 0 Å². The Hall–Kier alpha value is 0.137. The van der Waals surface area contributed by atoms with Crippen molar-refractivity contribution >= 4 is 8.07 Å². The highest BCUT2D eigenvalue weighted by atomic mass is 28.3. The van der Waals surface area contributed by atoms with Gasteiger partial charge < -0.3 is 9.47 Å².